The third kappa shape index (κ3) is 5.52. The SMILES string of the molecule is ClCCCC(Sc1ccccc1)Sc1ccccc1. The van der Waals surface area contributed by atoms with Gasteiger partial charge in [-0.1, -0.05) is 36.4 Å². The van der Waals surface area contributed by atoms with Gasteiger partial charge in [0.25, 0.3) is 0 Å². The van der Waals surface area contributed by atoms with Gasteiger partial charge in [-0.05, 0) is 37.1 Å². The molecule has 2 aromatic carbocycles. The molecule has 0 saturated carbocycles. The summed E-state index contributed by atoms with van der Waals surface area (Å²) in [6.45, 7) is 0. The molecule has 0 nitrogen and oxygen atoms in total. The molecule has 2 aromatic rings. The monoisotopic (exact) mass is 308 g/mol. The number of halogens is 1. The molecule has 19 heavy (non-hydrogen) atoms. The van der Waals surface area contributed by atoms with Crippen molar-refractivity contribution in [2.75, 3.05) is 5.88 Å². The molecular formula is C16H17ClS2. The Balaban J connectivity index is 1.99. The van der Waals surface area contributed by atoms with Crippen molar-refractivity contribution in [1.82, 2.24) is 0 Å². The highest BCUT2D eigenvalue weighted by Crippen LogP contribution is 2.38. The van der Waals surface area contributed by atoms with Crippen molar-refractivity contribution in [1.29, 1.82) is 0 Å². The highest BCUT2D eigenvalue weighted by Gasteiger charge is 2.11. The number of benzene rings is 2. The second-order valence-electron chi connectivity index (χ2n) is 4.12. The molecule has 3 heteroatoms. The van der Waals surface area contributed by atoms with Crippen LogP contribution in [0.2, 0.25) is 0 Å². The second kappa shape index (κ2) is 8.57. The van der Waals surface area contributed by atoms with Crippen molar-refractivity contribution in [3.63, 3.8) is 0 Å². The Morgan fingerprint density at radius 1 is 0.789 bits per heavy atom. The molecule has 0 heterocycles. The van der Waals surface area contributed by atoms with Crippen LogP contribution < -0.4 is 0 Å². The normalized spacial score (nSPS) is 10.8. The molecule has 0 aliphatic rings. The fraction of sp³-hybridized carbons (Fsp3) is 0.250. The molecule has 0 bridgehead atoms. The first-order valence-electron chi connectivity index (χ1n) is 6.38. The molecule has 0 N–H and O–H groups in total. The molecule has 0 aromatic heterocycles. The van der Waals surface area contributed by atoms with Crippen LogP contribution in [0.15, 0.2) is 70.5 Å². The maximum atomic E-state index is 5.83. The maximum Gasteiger partial charge on any atom is 0.0597 e. The van der Waals surface area contributed by atoms with Crippen LogP contribution in [0.25, 0.3) is 0 Å². The van der Waals surface area contributed by atoms with Gasteiger partial charge in [0.15, 0.2) is 0 Å². The quantitative estimate of drug-likeness (QED) is 0.354. The summed E-state index contributed by atoms with van der Waals surface area (Å²) in [6, 6.07) is 21.2. The third-order valence-electron chi connectivity index (χ3n) is 2.59. The number of rotatable bonds is 7. The smallest absolute Gasteiger partial charge is 0.0597 e. The van der Waals surface area contributed by atoms with E-state index >= 15 is 0 Å². The highest BCUT2D eigenvalue weighted by molar-refractivity contribution is 8.17. The van der Waals surface area contributed by atoms with Gasteiger partial charge in [-0.25, -0.2) is 0 Å². The Morgan fingerprint density at radius 2 is 1.26 bits per heavy atom. The van der Waals surface area contributed by atoms with E-state index in [2.05, 4.69) is 60.7 Å². The van der Waals surface area contributed by atoms with E-state index in [1.54, 1.807) is 0 Å². The summed E-state index contributed by atoms with van der Waals surface area (Å²) in [5.74, 6) is 0.737. The number of hydrogen-bond donors (Lipinski definition) is 0. The van der Waals surface area contributed by atoms with E-state index in [1.807, 2.05) is 23.5 Å². The van der Waals surface area contributed by atoms with E-state index < -0.39 is 0 Å². The Bertz CT molecular complexity index is 417. The van der Waals surface area contributed by atoms with Gasteiger partial charge in [-0.2, -0.15) is 0 Å². The molecule has 0 saturated heterocycles. The number of hydrogen-bond acceptors (Lipinski definition) is 2. The van der Waals surface area contributed by atoms with Gasteiger partial charge in [-0.15, -0.1) is 35.1 Å². The zero-order valence-corrected chi connectivity index (χ0v) is 13.1. The van der Waals surface area contributed by atoms with Gasteiger partial charge < -0.3 is 0 Å². The Labute approximate surface area is 128 Å². The Hall–Kier alpha value is -0.570. The summed E-state index contributed by atoms with van der Waals surface area (Å²) >= 11 is 9.69. The molecule has 0 fully saturated rings. The van der Waals surface area contributed by atoms with Gasteiger partial charge >= 0.3 is 0 Å². The van der Waals surface area contributed by atoms with Crippen LogP contribution in [0.5, 0.6) is 0 Å². The van der Waals surface area contributed by atoms with Gasteiger partial charge in [0.05, 0.1) is 4.58 Å². The molecule has 0 atom stereocenters. The van der Waals surface area contributed by atoms with Crippen LogP contribution in [-0.4, -0.2) is 10.5 Å². The average molecular weight is 309 g/mol. The lowest BCUT2D eigenvalue weighted by atomic mass is 10.4. The minimum absolute atomic E-state index is 0.517. The predicted octanol–water partition coefficient (Wildman–Crippen LogP) is 5.92. The summed E-state index contributed by atoms with van der Waals surface area (Å²) in [6.07, 6.45) is 2.19. The lowest BCUT2D eigenvalue weighted by molar-refractivity contribution is 0.875. The zero-order chi connectivity index (χ0) is 13.3. The fourth-order valence-electron chi connectivity index (χ4n) is 1.69. The van der Waals surface area contributed by atoms with E-state index in [9.17, 15) is 0 Å². The molecule has 0 aliphatic carbocycles. The number of thioether (sulfide) groups is 2. The third-order valence-corrected chi connectivity index (χ3v) is 5.53. The summed E-state index contributed by atoms with van der Waals surface area (Å²) in [5.41, 5.74) is 0. The van der Waals surface area contributed by atoms with E-state index in [1.165, 1.54) is 9.79 Å². The molecule has 0 unspecified atom stereocenters. The van der Waals surface area contributed by atoms with Crippen molar-refractivity contribution < 1.29 is 0 Å². The van der Waals surface area contributed by atoms with Crippen molar-refractivity contribution in [3.8, 4) is 0 Å². The summed E-state index contributed by atoms with van der Waals surface area (Å²) < 4.78 is 0.517. The number of alkyl halides is 1. The van der Waals surface area contributed by atoms with Crippen LogP contribution in [-0.2, 0) is 0 Å². The van der Waals surface area contributed by atoms with E-state index in [0.717, 1.165) is 18.7 Å². The Kier molecular flexibility index (Phi) is 6.69. The van der Waals surface area contributed by atoms with Gasteiger partial charge in [0, 0.05) is 15.7 Å². The van der Waals surface area contributed by atoms with Crippen LogP contribution in [0.1, 0.15) is 12.8 Å². The second-order valence-corrected chi connectivity index (χ2v) is 7.35. The largest absolute Gasteiger partial charge is 0.127 e. The van der Waals surface area contributed by atoms with Gasteiger partial charge in [0.2, 0.25) is 0 Å². The van der Waals surface area contributed by atoms with E-state index in [4.69, 9.17) is 11.6 Å². The first kappa shape index (κ1) is 14.8. The predicted molar refractivity (Wildman–Crippen MR) is 88.3 cm³/mol. The standard InChI is InChI=1S/C16H17ClS2/c17-13-7-12-16(18-14-8-3-1-4-9-14)19-15-10-5-2-6-11-15/h1-6,8-11,16H,7,12-13H2. The lowest BCUT2D eigenvalue weighted by Gasteiger charge is -2.15. The van der Waals surface area contributed by atoms with Crippen LogP contribution in [0.3, 0.4) is 0 Å². The first-order valence-corrected chi connectivity index (χ1v) is 8.67. The van der Waals surface area contributed by atoms with E-state index in [0.29, 0.717) is 4.58 Å². The molecule has 0 spiro atoms. The summed E-state index contributed by atoms with van der Waals surface area (Å²) in [5, 5.41) is 0. The minimum atomic E-state index is 0.517. The molecule has 100 valence electrons. The summed E-state index contributed by atoms with van der Waals surface area (Å²) in [7, 11) is 0. The first-order chi connectivity index (χ1) is 9.38. The molecule has 2 rings (SSSR count). The van der Waals surface area contributed by atoms with Gasteiger partial charge in [-0.3, -0.25) is 0 Å². The fourth-order valence-corrected chi connectivity index (χ4v) is 4.51. The summed E-state index contributed by atoms with van der Waals surface area (Å²) in [4.78, 5) is 2.65. The average Bonchev–Trinajstić information content (AvgIpc) is 2.47. The molecule has 0 aliphatic heterocycles. The van der Waals surface area contributed by atoms with Crippen molar-refractivity contribution in [2.45, 2.75) is 27.2 Å². The van der Waals surface area contributed by atoms with Crippen molar-refractivity contribution >= 4 is 35.1 Å². The van der Waals surface area contributed by atoms with Crippen LogP contribution in [0.4, 0.5) is 0 Å². The van der Waals surface area contributed by atoms with Gasteiger partial charge in [0.1, 0.15) is 0 Å². The maximum absolute atomic E-state index is 5.83. The minimum Gasteiger partial charge on any atom is -0.127 e. The Morgan fingerprint density at radius 3 is 1.68 bits per heavy atom. The van der Waals surface area contributed by atoms with E-state index in [-0.39, 0.29) is 0 Å². The molecule has 0 amide bonds. The van der Waals surface area contributed by atoms with Crippen molar-refractivity contribution in [3.05, 3.63) is 60.7 Å². The van der Waals surface area contributed by atoms with Crippen LogP contribution in [0, 0.1) is 0 Å². The topological polar surface area (TPSA) is 0 Å². The lowest BCUT2D eigenvalue weighted by Crippen LogP contribution is -1.97. The zero-order valence-electron chi connectivity index (χ0n) is 10.7. The molecular weight excluding hydrogens is 292 g/mol. The molecule has 0 radical (unpaired) electrons. The van der Waals surface area contributed by atoms with Crippen molar-refractivity contribution in [2.24, 2.45) is 0 Å². The highest BCUT2D eigenvalue weighted by atomic mass is 35.5. The van der Waals surface area contributed by atoms with Crippen LogP contribution >= 0.6 is 35.1 Å².